The number of rotatable bonds is 8. The number of carbonyl (C=O) groups is 2. The Bertz CT molecular complexity index is 1390. The molecule has 1 amide bonds. The van der Waals surface area contributed by atoms with Crippen LogP contribution in [0.4, 0.5) is 5.69 Å². The second kappa shape index (κ2) is 9.87. The number of para-hydroxylation sites is 1. The van der Waals surface area contributed by atoms with Gasteiger partial charge in [0.1, 0.15) is 24.6 Å². The zero-order valence-electron chi connectivity index (χ0n) is 19.8. The number of aliphatic hydroxyl groups is 1. The summed E-state index contributed by atoms with van der Waals surface area (Å²) >= 11 is 1.61. The molecule has 3 aromatic rings. The number of Topliss-reactive ketones (excluding diaryl/α,β-unsaturated/α-hetero) is 1. The van der Waals surface area contributed by atoms with Crippen molar-refractivity contribution in [2.75, 3.05) is 18.1 Å². The van der Waals surface area contributed by atoms with Gasteiger partial charge in [-0.1, -0.05) is 44.2 Å². The molecule has 0 fully saturated rings. The first kappa shape index (κ1) is 23.6. The van der Waals surface area contributed by atoms with Gasteiger partial charge in [-0.15, -0.1) is 5.10 Å². The fraction of sp³-hybridized carbons (Fsp3) is 0.222. The molecule has 0 spiro atoms. The van der Waals surface area contributed by atoms with Gasteiger partial charge in [0.2, 0.25) is 0 Å². The summed E-state index contributed by atoms with van der Waals surface area (Å²) in [5.41, 5.74) is 3.99. The molecule has 9 heteroatoms. The number of aliphatic hydroxyl groups excluding tert-OH is 1. The Kier molecular flexibility index (Phi) is 6.47. The van der Waals surface area contributed by atoms with Crippen LogP contribution in [0.25, 0.3) is 11.1 Å². The van der Waals surface area contributed by atoms with Crippen molar-refractivity contribution in [2.24, 2.45) is 21.4 Å². The van der Waals surface area contributed by atoms with Gasteiger partial charge in [0, 0.05) is 17.2 Å². The minimum atomic E-state index is -0.851. The van der Waals surface area contributed by atoms with Crippen LogP contribution in [-0.4, -0.2) is 35.7 Å². The first-order valence-corrected chi connectivity index (χ1v) is 12.5. The molecule has 1 unspecified atom stereocenters. The van der Waals surface area contributed by atoms with Crippen molar-refractivity contribution in [2.45, 2.75) is 19.9 Å². The summed E-state index contributed by atoms with van der Waals surface area (Å²) < 4.78 is 6.04. The molecule has 8 nitrogen and oxygen atoms in total. The summed E-state index contributed by atoms with van der Waals surface area (Å²) in [4.78, 5) is 28.1. The third-order valence-electron chi connectivity index (χ3n) is 6.11. The third-order valence-corrected chi connectivity index (χ3v) is 6.79. The van der Waals surface area contributed by atoms with Gasteiger partial charge in [0.25, 0.3) is 5.91 Å². The van der Waals surface area contributed by atoms with E-state index in [1.54, 1.807) is 37.3 Å². The van der Waals surface area contributed by atoms with E-state index in [-0.39, 0.29) is 18.0 Å². The number of thiophene rings is 1. The highest BCUT2D eigenvalue weighted by Crippen LogP contribution is 2.45. The Morgan fingerprint density at radius 3 is 2.58 bits per heavy atom. The Labute approximate surface area is 212 Å². The van der Waals surface area contributed by atoms with Crippen molar-refractivity contribution in [3.05, 3.63) is 82.3 Å². The van der Waals surface area contributed by atoms with E-state index in [9.17, 15) is 14.7 Å². The van der Waals surface area contributed by atoms with Crippen molar-refractivity contribution in [1.29, 1.82) is 0 Å². The number of nitrogens with zero attached hydrogens (tertiary/aromatic N) is 4. The number of ketones is 1. The molecular weight excluding hydrogens is 476 g/mol. The summed E-state index contributed by atoms with van der Waals surface area (Å²) in [5.74, 6) is -1.39. The van der Waals surface area contributed by atoms with Crippen molar-refractivity contribution in [3.8, 4) is 16.9 Å². The summed E-state index contributed by atoms with van der Waals surface area (Å²) in [7, 11) is 0. The van der Waals surface area contributed by atoms with Crippen molar-refractivity contribution >= 4 is 34.4 Å². The van der Waals surface area contributed by atoms with Crippen LogP contribution in [0, 0.1) is 5.92 Å². The Balaban J connectivity index is 1.57. The fourth-order valence-electron chi connectivity index (χ4n) is 4.28. The van der Waals surface area contributed by atoms with E-state index in [4.69, 9.17) is 4.74 Å². The highest BCUT2D eigenvalue weighted by atomic mass is 32.1. The minimum Gasteiger partial charge on any atom is -0.503 e. The molecule has 0 bridgehead atoms. The van der Waals surface area contributed by atoms with E-state index in [1.807, 2.05) is 47.8 Å². The Morgan fingerprint density at radius 2 is 1.92 bits per heavy atom. The lowest BCUT2D eigenvalue weighted by Crippen LogP contribution is -2.32. The number of anilines is 1. The first-order chi connectivity index (χ1) is 17.5. The van der Waals surface area contributed by atoms with Crippen LogP contribution in [0.2, 0.25) is 0 Å². The zero-order chi connectivity index (χ0) is 25.2. The molecule has 36 heavy (non-hydrogen) atoms. The lowest BCUT2D eigenvalue weighted by molar-refractivity contribution is -0.119. The monoisotopic (exact) mass is 500 g/mol. The van der Waals surface area contributed by atoms with Crippen molar-refractivity contribution in [3.63, 3.8) is 0 Å². The second-order valence-electron chi connectivity index (χ2n) is 8.80. The minimum absolute atomic E-state index is 0.0659. The standard InChI is InChI=1S/C27H24N4O4S/c1-16(2)25(32)23-24(21-5-3-4-6-22(21)35-14-19-13-28-30-29-19)31(27(34)26(23)33)20-9-7-17(8-10-20)18-11-12-36-15-18/h3-12,15-16,24,33H,13-14H2,1-2H3. The summed E-state index contributed by atoms with van der Waals surface area (Å²) in [6.45, 7) is 4.03. The molecule has 0 aliphatic carbocycles. The predicted molar refractivity (Wildman–Crippen MR) is 139 cm³/mol. The van der Waals surface area contributed by atoms with Gasteiger partial charge in [-0.3, -0.25) is 14.5 Å². The normalized spacial score (nSPS) is 17.3. The molecule has 5 rings (SSSR count). The van der Waals surface area contributed by atoms with Crippen LogP contribution in [0.1, 0.15) is 25.5 Å². The molecule has 182 valence electrons. The Morgan fingerprint density at radius 1 is 1.14 bits per heavy atom. The van der Waals surface area contributed by atoms with Crippen LogP contribution < -0.4 is 9.64 Å². The van der Waals surface area contributed by atoms with Gasteiger partial charge < -0.3 is 9.84 Å². The lowest BCUT2D eigenvalue weighted by Gasteiger charge is -2.28. The quantitative estimate of drug-likeness (QED) is 0.426. The maximum Gasteiger partial charge on any atom is 0.294 e. The van der Waals surface area contributed by atoms with Crippen LogP contribution in [0.3, 0.4) is 0 Å². The maximum atomic E-state index is 13.4. The molecule has 2 aliphatic rings. The number of carbonyl (C=O) groups excluding carboxylic acids is 2. The predicted octanol–water partition coefficient (Wildman–Crippen LogP) is 5.74. The topological polar surface area (TPSA) is 104 Å². The number of ether oxygens (including phenoxy) is 1. The molecule has 1 atom stereocenters. The van der Waals surface area contributed by atoms with Gasteiger partial charge in [-0.2, -0.15) is 16.5 Å². The largest absolute Gasteiger partial charge is 0.503 e. The average Bonchev–Trinajstić information content (AvgIpc) is 3.65. The smallest absolute Gasteiger partial charge is 0.294 e. The zero-order valence-corrected chi connectivity index (χ0v) is 20.6. The second-order valence-corrected chi connectivity index (χ2v) is 9.58. The summed E-state index contributed by atoms with van der Waals surface area (Å²) in [6.07, 6.45) is 0. The van der Waals surface area contributed by atoms with Crippen LogP contribution >= 0.6 is 11.3 Å². The van der Waals surface area contributed by atoms with Crippen LogP contribution in [-0.2, 0) is 9.59 Å². The average molecular weight is 501 g/mol. The van der Waals surface area contributed by atoms with Gasteiger partial charge in [-0.05, 0) is 51.4 Å². The van der Waals surface area contributed by atoms with Crippen molar-refractivity contribution < 1.29 is 19.4 Å². The summed E-state index contributed by atoms with van der Waals surface area (Å²) in [5, 5.41) is 26.4. The molecule has 0 radical (unpaired) electrons. The van der Waals surface area contributed by atoms with Crippen LogP contribution in [0.15, 0.2) is 92.1 Å². The number of hydrogen-bond acceptors (Lipinski definition) is 8. The van der Waals surface area contributed by atoms with E-state index in [0.717, 1.165) is 11.1 Å². The molecule has 3 heterocycles. The Hall–Kier alpha value is -4.11. The molecular formula is C27H24N4O4S. The molecule has 0 saturated carbocycles. The molecule has 1 aromatic heterocycles. The number of hydrogen-bond donors (Lipinski definition) is 1. The molecule has 2 aliphatic heterocycles. The van der Waals surface area contributed by atoms with Gasteiger partial charge in [-0.25, -0.2) is 0 Å². The highest BCUT2D eigenvalue weighted by Gasteiger charge is 2.45. The van der Waals surface area contributed by atoms with E-state index < -0.39 is 23.6 Å². The van der Waals surface area contributed by atoms with E-state index in [0.29, 0.717) is 29.3 Å². The fourth-order valence-corrected chi connectivity index (χ4v) is 4.95. The van der Waals surface area contributed by atoms with Crippen molar-refractivity contribution in [1.82, 2.24) is 0 Å². The van der Waals surface area contributed by atoms with Gasteiger partial charge >= 0.3 is 0 Å². The maximum absolute atomic E-state index is 13.4. The molecule has 2 aromatic carbocycles. The van der Waals surface area contributed by atoms with E-state index in [1.165, 1.54) is 4.90 Å². The van der Waals surface area contributed by atoms with E-state index >= 15 is 0 Å². The number of amides is 1. The van der Waals surface area contributed by atoms with Gasteiger partial charge in [0.05, 0.1) is 11.6 Å². The summed E-state index contributed by atoms with van der Waals surface area (Å²) in [6, 6.07) is 15.9. The highest BCUT2D eigenvalue weighted by molar-refractivity contribution is 7.08. The van der Waals surface area contributed by atoms with E-state index in [2.05, 4.69) is 20.8 Å². The number of benzene rings is 2. The third kappa shape index (κ3) is 4.33. The van der Waals surface area contributed by atoms with Crippen LogP contribution in [0.5, 0.6) is 5.75 Å². The van der Waals surface area contributed by atoms with Gasteiger partial charge in [0.15, 0.2) is 11.5 Å². The SMILES string of the molecule is CC(C)C(=O)C1=C(O)C(=O)N(c2ccc(-c3ccsc3)cc2)C1c1ccccc1OCC1=NN=NC1. The molecule has 0 saturated heterocycles. The first-order valence-electron chi connectivity index (χ1n) is 11.5. The molecule has 1 N–H and O–H groups in total. The lowest BCUT2D eigenvalue weighted by atomic mass is 9.90.